The fourth-order valence-electron chi connectivity index (χ4n) is 0.456. The Morgan fingerprint density at radius 3 is 1.45 bits per heavy atom. The normalized spacial score (nSPS) is 17.5. The fourth-order valence-corrected chi connectivity index (χ4v) is 0.456. The first-order valence-corrected chi connectivity index (χ1v) is 3.07. The molecule has 65 valence electrons. The molecule has 0 N–H and O–H groups in total. The van der Waals surface area contributed by atoms with Gasteiger partial charge in [0.1, 0.15) is 0 Å². The van der Waals surface area contributed by atoms with Crippen LogP contribution in [0.4, 0.5) is 0 Å². The van der Waals surface area contributed by atoms with Crippen molar-refractivity contribution in [2.75, 3.05) is 26.3 Å². The van der Waals surface area contributed by atoms with Crippen molar-refractivity contribution in [3.8, 4) is 0 Å². The molecule has 2 aliphatic rings. The molecule has 0 spiro atoms. The molecule has 1 radical (unpaired) electrons. The van der Waals surface area contributed by atoms with Gasteiger partial charge in [-0.2, -0.15) is 0 Å². The molecule has 0 saturated carbocycles. The predicted octanol–water partition coefficient (Wildman–Crippen LogP) is -0.159. The van der Waals surface area contributed by atoms with Crippen LogP contribution in [0, 0.1) is 0 Å². The molecule has 0 aromatic rings. The first kappa shape index (κ1) is 10.5. The van der Waals surface area contributed by atoms with Gasteiger partial charge in [0.05, 0.1) is 13.2 Å². The van der Waals surface area contributed by atoms with E-state index in [1.54, 1.807) is 0 Å². The molecule has 4 nitrogen and oxygen atoms in total. The molecule has 2 aliphatic heterocycles. The second-order valence-electron chi connectivity index (χ2n) is 1.64. The number of hydrogen-bond donors (Lipinski definition) is 0. The molecule has 0 fully saturated rings. The Kier molecular flexibility index (Phi) is 7.19. The van der Waals surface area contributed by atoms with Crippen molar-refractivity contribution in [1.29, 1.82) is 0 Å². The maximum atomic E-state index is 4.53. The van der Waals surface area contributed by atoms with Crippen molar-refractivity contribution in [1.82, 2.24) is 0 Å². The largest absolute Gasteiger partial charge is 2.00 e. The Bertz CT molecular complexity index is 111. The number of hydrogen-bond acceptors (Lipinski definition) is 4. The number of ether oxygens (including phenoxy) is 2. The van der Waals surface area contributed by atoms with Crippen molar-refractivity contribution < 1.29 is 26.5 Å². The van der Waals surface area contributed by atoms with E-state index >= 15 is 0 Å². The molecule has 2 rings (SSSR count). The molecule has 2 heterocycles. The van der Waals surface area contributed by atoms with Crippen molar-refractivity contribution in [2.45, 2.75) is 0 Å². The summed E-state index contributed by atoms with van der Waals surface area (Å²) in [6.07, 6.45) is 4.69. The van der Waals surface area contributed by atoms with Crippen LogP contribution in [0.25, 0.3) is 0 Å². The van der Waals surface area contributed by atoms with Crippen LogP contribution in [-0.2, 0) is 26.5 Å². The zero-order chi connectivity index (χ0) is 7.07. The van der Waals surface area contributed by atoms with Crippen LogP contribution in [0.15, 0.2) is 9.98 Å². The average Bonchev–Trinajstić information content (AvgIpc) is 2.67. The minimum Gasteiger partial charge on any atom is -0.674 e. The van der Waals surface area contributed by atoms with Gasteiger partial charge < -0.3 is 19.5 Å². The molecule has 0 atom stereocenters. The van der Waals surface area contributed by atoms with Crippen molar-refractivity contribution in [3.63, 3.8) is 0 Å². The summed E-state index contributed by atoms with van der Waals surface area (Å²) in [6, 6.07) is 0. The molecule has 5 heteroatoms. The zero-order valence-corrected chi connectivity index (χ0v) is 6.78. The van der Waals surface area contributed by atoms with Gasteiger partial charge >= 0.3 is 17.1 Å². The van der Waals surface area contributed by atoms with E-state index < -0.39 is 0 Å². The maximum absolute atomic E-state index is 4.53. The van der Waals surface area contributed by atoms with E-state index in [0.717, 1.165) is 26.3 Å². The molecule has 0 aromatic carbocycles. The molecular formula is C6H8CuN2O2. The standard InChI is InChI=1S/2C3H4NO.Cu/c2*1-2-5-3-4-1;/h2*1-2H2;/q2*-1;+2. The molecule has 0 unspecified atom stereocenters. The Morgan fingerprint density at radius 1 is 0.909 bits per heavy atom. The third-order valence-corrected chi connectivity index (χ3v) is 0.869. The van der Waals surface area contributed by atoms with Crippen LogP contribution in [0.2, 0.25) is 0 Å². The third kappa shape index (κ3) is 5.88. The van der Waals surface area contributed by atoms with Crippen molar-refractivity contribution >= 4 is 12.8 Å². The van der Waals surface area contributed by atoms with Gasteiger partial charge in [-0.15, -0.1) is 0 Å². The maximum Gasteiger partial charge on any atom is 2.00 e. The zero-order valence-electron chi connectivity index (χ0n) is 5.84. The predicted molar refractivity (Wildman–Crippen MR) is 36.5 cm³/mol. The molecule has 11 heavy (non-hydrogen) atoms. The Balaban J connectivity index is 0.000000167. The molecule has 0 aromatic heterocycles. The SMILES string of the molecule is [C-]1=NCCO1.[C-]1=NCCO1.[Cu+2]. The fraction of sp³-hybridized carbons (Fsp3) is 0.667. The molecule has 0 saturated heterocycles. The quantitative estimate of drug-likeness (QED) is 0.406. The summed E-state index contributed by atoms with van der Waals surface area (Å²) in [5, 5.41) is 0. The second-order valence-corrected chi connectivity index (χ2v) is 1.64. The van der Waals surface area contributed by atoms with Crippen LogP contribution in [0.1, 0.15) is 0 Å². The van der Waals surface area contributed by atoms with Crippen LogP contribution in [-0.4, -0.2) is 39.1 Å². The van der Waals surface area contributed by atoms with Gasteiger partial charge in [-0.25, -0.2) is 12.8 Å². The van der Waals surface area contributed by atoms with Crippen molar-refractivity contribution in [2.24, 2.45) is 9.98 Å². The summed E-state index contributed by atoms with van der Waals surface area (Å²) in [5.41, 5.74) is 0. The second kappa shape index (κ2) is 7.57. The minimum absolute atomic E-state index is 0. The van der Waals surface area contributed by atoms with Crippen LogP contribution in [0.3, 0.4) is 0 Å². The van der Waals surface area contributed by atoms with E-state index in [2.05, 4.69) is 32.3 Å². The van der Waals surface area contributed by atoms with E-state index in [-0.39, 0.29) is 17.1 Å². The van der Waals surface area contributed by atoms with Gasteiger partial charge in [-0.3, -0.25) is 0 Å². The van der Waals surface area contributed by atoms with Gasteiger partial charge in [0, 0.05) is 13.1 Å². The van der Waals surface area contributed by atoms with Crippen LogP contribution in [0.5, 0.6) is 0 Å². The van der Waals surface area contributed by atoms with Crippen LogP contribution < -0.4 is 0 Å². The van der Waals surface area contributed by atoms with E-state index in [1.165, 1.54) is 0 Å². The average molecular weight is 204 g/mol. The smallest absolute Gasteiger partial charge is 0.674 e. The van der Waals surface area contributed by atoms with E-state index in [9.17, 15) is 0 Å². The van der Waals surface area contributed by atoms with Gasteiger partial charge in [-0.1, -0.05) is 0 Å². The van der Waals surface area contributed by atoms with Gasteiger partial charge in [0.15, 0.2) is 0 Å². The van der Waals surface area contributed by atoms with Gasteiger partial charge in [0.2, 0.25) is 0 Å². The first-order valence-electron chi connectivity index (χ1n) is 3.07. The first-order chi connectivity index (χ1) is 5.00. The molecule has 0 aliphatic carbocycles. The van der Waals surface area contributed by atoms with Gasteiger partial charge in [-0.05, 0) is 0 Å². The Hall–Kier alpha value is -0.541. The molecular weight excluding hydrogens is 196 g/mol. The Labute approximate surface area is 76.2 Å². The van der Waals surface area contributed by atoms with Gasteiger partial charge in [0.25, 0.3) is 0 Å². The number of rotatable bonds is 0. The molecule has 0 amide bonds. The van der Waals surface area contributed by atoms with E-state index in [1.807, 2.05) is 0 Å². The summed E-state index contributed by atoms with van der Waals surface area (Å²) < 4.78 is 9.06. The molecule has 0 bridgehead atoms. The summed E-state index contributed by atoms with van der Waals surface area (Å²) in [7, 11) is 0. The van der Waals surface area contributed by atoms with Crippen molar-refractivity contribution in [3.05, 3.63) is 0 Å². The van der Waals surface area contributed by atoms with Crippen LogP contribution >= 0.6 is 0 Å². The summed E-state index contributed by atoms with van der Waals surface area (Å²) >= 11 is 0. The topological polar surface area (TPSA) is 43.2 Å². The number of aliphatic imine (C=N–C) groups is 2. The third-order valence-electron chi connectivity index (χ3n) is 0.869. The monoisotopic (exact) mass is 203 g/mol. The summed E-state index contributed by atoms with van der Waals surface area (Å²) in [6.45, 7) is 3.03. The minimum atomic E-state index is 0. The Morgan fingerprint density at radius 2 is 1.36 bits per heavy atom. The van der Waals surface area contributed by atoms with E-state index in [4.69, 9.17) is 0 Å². The number of nitrogens with zero attached hydrogens (tertiary/aromatic N) is 2. The van der Waals surface area contributed by atoms with E-state index in [0.29, 0.717) is 0 Å². The summed E-state index contributed by atoms with van der Waals surface area (Å²) in [5.74, 6) is 0. The summed E-state index contributed by atoms with van der Waals surface area (Å²) in [4.78, 5) is 7.22.